The van der Waals surface area contributed by atoms with Gasteiger partial charge >= 0.3 is 0 Å². The molecule has 3 N–H and O–H groups in total. The van der Waals surface area contributed by atoms with Crippen molar-refractivity contribution in [2.75, 3.05) is 11.1 Å². The van der Waals surface area contributed by atoms with Gasteiger partial charge in [0.25, 0.3) is 0 Å². The SMILES string of the molecule is Cc1cc(NCc2cccnc2)c2cc(N)ccc2n1. The first-order valence-electron chi connectivity index (χ1n) is 6.52. The molecule has 20 heavy (non-hydrogen) atoms. The number of hydrogen-bond donors (Lipinski definition) is 2. The summed E-state index contributed by atoms with van der Waals surface area (Å²) >= 11 is 0. The van der Waals surface area contributed by atoms with Gasteiger partial charge in [-0.1, -0.05) is 6.07 Å². The summed E-state index contributed by atoms with van der Waals surface area (Å²) < 4.78 is 0. The van der Waals surface area contributed by atoms with Gasteiger partial charge in [0.2, 0.25) is 0 Å². The molecule has 0 spiro atoms. The number of nitrogens with zero attached hydrogens (tertiary/aromatic N) is 2. The minimum absolute atomic E-state index is 0.723. The molecule has 1 aromatic carbocycles. The fourth-order valence-electron chi connectivity index (χ4n) is 2.22. The third-order valence-corrected chi connectivity index (χ3v) is 3.17. The molecule has 0 radical (unpaired) electrons. The molecule has 0 aliphatic carbocycles. The summed E-state index contributed by atoms with van der Waals surface area (Å²) in [5.74, 6) is 0. The molecule has 0 amide bonds. The van der Waals surface area contributed by atoms with E-state index in [1.54, 1.807) is 6.20 Å². The Morgan fingerprint density at radius 3 is 2.90 bits per heavy atom. The van der Waals surface area contributed by atoms with Crippen molar-refractivity contribution in [1.82, 2.24) is 9.97 Å². The zero-order valence-electron chi connectivity index (χ0n) is 11.3. The smallest absolute Gasteiger partial charge is 0.0727 e. The van der Waals surface area contributed by atoms with Crippen LogP contribution in [0.3, 0.4) is 0 Å². The lowest BCUT2D eigenvalue weighted by atomic mass is 10.1. The Balaban J connectivity index is 1.96. The van der Waals surface area contributed by atoms with Crippen molar-refractivity contribution in [3.8, 4) is 0 Å². The average Bonchev–Trinajstić information content (AvgIpc) is 2.46. The van der Waals surface area contributed by atoms with Crippen LogP contribution in [0.4, 0.5) is 11.4 Å². The van der Waals surface area contributed by atoms with Crippen LogP contribution < -0.4 is 11.1 Å². The van der Waals surface area contributed by atoms with E-state index in [1.807, 2.05) is 49.5 Å². The number of nitrogen functional groups attached to an aromatic ring is 1. The predicted molar refractivity (Wildman–Crippen MR) is 82.5 cm³/mol. The molecule has 0 atom stereocenters. The highest BCUT2D eigenvalue weighted by atomic mass is 14.9. The Morgan fingerprint density at radius 2 is 2.10 bits per heavy atom. The second-order valence-electron chi connectivity index (χ2n) is 4.80. The van der Waals surface area contributed by atoms with Gasteiger partial charge in [0.15, 0.2) is 0 Å². The number of nitrogens with two attached hydrogens (primary N) is 1. The first-order valence-corrected chi connectivity index (χ1v) is 6.52. The zero-order valence-corrected chi connectivity index (χ0v) is 11.3. The molecule has 0 bridgehead atoms. The van der Waals surface area contributed by atoms with Gasteiger partial charge in [-0.2, -0.15) is 0 Å². The largest absolute Gasteiger partial charge is 0.399 e. The normalized spacial score (nSPS) is 10.7. The minimum atomic E-state index is 0.723. The summed E-state index contributed by atoms with van der Waals surface area (Å²) in [5.41, 5.74) is 10.7. The molecule has 3 rings (SSSR count). The molecule has 100 valence electrons. The van der Waals surface area contributed by atoms with Crippen LogP contribution in [0, 0.1) is 6.92 Å². The number of pyridine rings is 2. The maximum Gasteiger partial charge on any atom is 0.0727 e. The van der Waals surface area contributed by atoms with Crippen LogP contribution in [0.15, 0.2) is 48.8 Å². The van der Waals surface area contributed by atoms with Gasteiger partial charge in [-0.05, 0) is 42.8 Å². The number of anilines is 2. The minimum Gasteiger partial charge on any atom is -0.399 e. The first kappa shape index (κ1) is 12.4. The van der Waals surface area contributed by atoms with E-state index in [-0.39, 0.29) is 0 Å². The van der Waals surface area contributed by atoms with E-state index in [9.17, 15) is 0 Å². The third-order valence-electron chi connectivity index (χ3n) is 3.17. The van der Waals surface area contributed by atoms with Gasteiger partial charge < -0.3 is 11.1 Å². The second kappa shape index (κ2) is 5.17. The molecule has 3 aromatic rings. The number of benzene rings is 1. The van der Waals surface area contributed by atoms with Crippen molar-refractivity contribution in [3.05, 3.63) is 60.0 Å². The van der Waals surface area contributed by atoms with E-state index >= 15 is 0 Å². The van der Waals surface area contributed by atoms with Crippen LogP contribution in [0.1, 0.15) is 11.3 Å². The molecule has 2 aromatic heterocycles. The molecular formula is C16H16N4. The molecule has 0 aliphatic heterocycles. The van der Waals surface area contributed by atoms with Crippen molar-refractivity contribution in [1.29, 1.82) is 0 Å². The molecule has 0 saturated carbocycles. The van der Waals surface area contributed by atoms with Crippen LogP contribution in [-0.2, 0) is 6.54 Å². The van der Waals surface area contributed by atoms with Crippen molar-refractivity contribution >= 4 is 22.3 Å². The maximum absolute atomic E-state index is 5.87. The molecule has 4 nitrogen and oxygen atoms in total. The highest BCUT2D eigenvalue weighted by molar-refractivity contribution is 5.93. The van der Waals surface area contributed by atoms with E-state index in [0.717, 1.165) is 40.1 Å². The Morgan fingerprint density at radius 1 is 1.20 bits per heavy atom. The number of rotatable bonds is 3. The summed E-state index contributed by atoms with van der Waals surface area (Å²) in [6, 6.07) is 11.8. The van der Waals surface area contributed by atoms with Crippen LogP contribution in [0.25, 0.3) is 10.9 Å². The van der Waals surface area contributed by atoms with Gasteiger partial charge in [-0.25, -0.2) is 0 Å². The highest BCUT2D eigenvalue weighted by Gasteiger charge is 2.04. The first-order chi connectivity index (χ1) is 9.72. The van der Waals surface area contributed by atoms with Crippen molar-refractivity contribution < 1.29 is 0 Å². The molecule has 2 heterocycles. The lowest BCUT2D eigenvalue weighted by Crippen LogP contribution is -2.02. The number of aromatic nitrogens is 2. The highest BCUT2D eigenvalue weighted by Crippen LogP contribution is 2.25. The Labute approximate surface area is 117 Å². The number of fused-ring (bicyclic) bond motifs is 1. The predicted octanol–water partition coefficient (Wildman–Crippen LogP) is 3.13. The Hall–Kier alpha value is -2.62. The lowest BCUT2D eigenvalue weighted by Gasteiger charge is -2.11. The van der Waals surface area contributed by atoms with Gasteiger partial charge in [0, 0.05) is 41.4 Å². The van der Waals surface area contributed by atoms with E-state index < -0.39 is 0 Å². The Kier molecular flexibility index (Phi) is 3.21. The van der Waals surface area contributed by atoms with Crippen molar-refractivity contribution in [2.24, 2.45) is 0 Å². The fourth-order valence-corrected chi connectivity index (χ4v) is 2.22. The summed E-state index contributed by atoms with van der Waals surface area (Å²) in [6.07, 6.45) is 3.63. The number of hydrogen-bond acceptors (Lipinski definition) is 4. The van der Waals surface area contributed by atoms with Gasteiger partial charge in [0.1, 0.15) is 0 Å². The fraction of sp³-hybridized carbons (Fsp3) is 0.125. The topological polar surface area (TPSA) is 63.8 Å². The van der Waals surface area contributed by atoms with Gasteiger partial charge in [-0.15, -0.1) is 0 Å². The van der Waals surface area contributed by atoms with Crippen LogP contribution in [0.5, 0.6) is 0 Å². The monoisotopic (exact) mass is 264 g/mol. The third kappa shape index (κ3) is 2.54. The van der Waals surface area contributed by atoms with E-state index in [2.05, 4.69) is 15.3 Å². The van der Waals surface area contributed by atoms with Crippen LogP contribution in [-0.4, -0.2) is 9.97 Å². The standard InChI is InChI=1S/C16H16N4/c1-11-7-16(19-10-12-3-2-6-18-9-12)14-8-13(17)4-5-15(14)20-11/h2-9H,10,17H2,1H3,(H,19,20). The summed E-state index contributed by atoms with van der Waals surface area (Å²) in [6.45, 7) is 2.71. The summed E-state index contributed by atoms with van der Waals surface area (Å²) in [4.78, 5) is 8.64. The molecule has 4 heteroatoms. The van der Waals surface area contributed by atoms with Crippen molar-refractivity contribution in [3.63, 3.8) is 0 Å². The van der Waals surface area contributed by atoms with Gasteiger partial charge in [-0.3, -0.25) is 9.97 Å². The quantitative estimate of drug-likeness (QED) is 0.713. The molecule has 0 unspecified atom stereocenters. The summed E-state index contributed by atoms with van der Waals surface area (Å²) in [7, 11) is 0. The molecule has 0 saturated heterocycles. The van der Waals surface area contributed by atoms with Crippen LogP contribution in [0.2, 0.25) is 0 Å². The van der Waals surface area contributed by atoms with Crippen molar-refractivity contribution in [2.45, 2.75) is 13.5 Å². The van der Waals surface area contributed by atoms with Gasteiger partial charge in [0.05, 0.1) is 5.52 Å². The average molecular weight is 264 g/mol. The van der Waals surface area contributed by atoms with E-state index in [4.69, 9.17) is 5.73 Å². The number of nitrogens with one attached hydrogen (secondary N) is 1. The summed E-state index contributed by atoms with van der Waals surface area (Å²) in [5, 5.41) is 4.48. The maximum atomic E-state index is 5.87. The molecular weight excluding hydrogens is 248 g/mol. The lowest BCUT2D eigenvalue weighted by molar-refractivity contribution is 1.11. The van der Waals surface area contributed by atoms with E-state index in [0.29, 0.717) is 0 Å². The molecule has 0 aliphatic rings. The van der Waals surface area contributed by atoms with E-state index in [1.165, 1.54) is 0 Å². The zero-order chi connectivity index (χ0) is 13.9. The number of aryl methyl sites for hydroxylation is 1. The van der Waals surface area contributed by atoms with Crippen LogP contribution >= 0.6 is 0 Å². The Bertz CT molecular complexity index is 738. The molecule has 0 fully saturated rings. The second-order valence-corrected chi connectivity index (χ2v) is 4.80.